The highest BCUT2D eigenvalue weighted by molar-refractivity contribution is 5.80. The normalized spacial score (nSPS) is 12.1. The quantitative estimate of drug-likeness (QED) is 0.682. The van der Waals surface area contributed by atoms with Gasteiger partial charge in [-0.25, -0.2) is 0 Å². The minimum Gasteiger partial charge on any atom is -0.346 e. The number of amides is 2. The summed E-state index contributed by atoms with van der Waals surface area (Å²) in [6.45, 7) is 10.00. The van der Waals surface area contributed by atoms with Gasteiger partial charge >= 0.3 is 0 Å². The molecule has 0 aromatic rings. The van der Waals surface area contributed by atoms with Crippen molar-refractivity contribution < 1.29 is 9.59 Å². The summed E-state index contributed by atoms with van der Waals surface area (Å²) >= 11 is 0. The van der Waals surface area contributed by atoms with Crippen molar-refractivity contribution in [2.24, 2.45) is 5.92 Å². The van der Waals surface area contributed by atoms with Crippen molar-refractivity contribution in [2.45, 2.75) is 40.5 Å². The van der Waals surface area contributed by atoms with Crippen LogP contribution in [0.2, 0.25) is 0 Å². The van der Waals surface area contributed by atoms with Gasteiger partial charge in [0.15, 0.2) is 0 Å². The molecule has 0 N–H and O–H groups in total. The number of hydrogen-bond donors (Lipinski definition) is 0. The van der Waals surface area contributed by atoms with Crippen LogP contribution in [0.25, 0.3) is 0 Å². The lowest BCUT2D eigenvalue weighted by Gasteiger charge is -2.23. The second kappa shape index (κ2) is 8.09. The van der Waals surface area contributed by atoms with Gasteiger partial charge in [0.2, 0.25) is 11.8 Å². The van der Waals surface area contributed by atoms with E-state index >= 15 is 0 Å². The number of carbonyl (C=O) groups is 2. The van der Waals surface area contributed by atoms with Gasteiger partial charge in [0.05, 0.1) is 0 Å². The molecule has 0 aliphatic carbocycles. The van der Waals surface area contributed by atoms with E-state index in [9.17, 15) is 9.59 Å². The van der Waals surface area contributed by atoms with Crippen molar-refractivity contribution >= 4 is 11.8 Å². The fraction of sp³-hybridized carbons (Fsp3) is 0.846. The molecule has 1 unspecified atom stereocenters. The van der Waals surface area contributed by atoms with Gasteiger partial charge in [-0.05, 0) is 27.2 Å². The van der Waals surface area contributed by atoms with Crippen LogP contribution in [0.15, 0.2) is 0 Å². The minimum atomic E-state index is -0.0656. The highest BCUT2D eigenvalue weighted by Crippen LogP contribution is 2.11. The fourth-order valence-corrected chi connectivity index (χ4v) is 1.68. The summed E-state index contributed by atoms with van der Waals surface area (Å²) in [5, 5.41) is 0. The van der Waals surface area contributed by atoms with Gasteiger partial charge in [-0.1, -0.05) is 6.92 Å². The summed E-state index contributed by atoms with van der Waals surface area (Å²) in [7, 11) is 1.79. The summed E-state index contributed by atoms with van der Waals surface area (Å²) < 4.78 is 0. The number of hydrogen-bond acceptors (Lipinski definition) is 2. The third-order valence-electron chi connectivity index (χ3n) is 3.19. The van der Waals surface area contributed by atoms with Gasteiger partial charge in [-0.15, -0.1) is 0 Å². The Bertz CT molecular complexity index is 250. The standard InChI is InChI=1S/C13H26N2O2/c1-6-14(5)12(16)10-9-11(4)13(17)15(7-2)8-3/h11H,6-10H2,1-5H3. The molecule has 0 aromatic carbocycles. The molecule has 1 atom stereocenters. The van der Waals surface area contributed by atoms with E-state index < -0.39 is 0 Å². The predicted octanol–water partition coefficient (Wildman–Crippen LogP) is 1.75. The first-order valence-corrected chi connectivity index (χ1v) is 6.50. The van der Waals surface area contributed by atoms with Crippen LogP contribution in [0, 0.1) is 5.92 Å². The predicted molar refractivity (Wildman–Crippen MR) is 69.6 cm³/mol. The van der Waals surface area contributed by atoms with Gasteiger partial charge in [0.25, 0.3) is 0 Å². The second-order valence-corrected chi connectivity index (χ2v) is 4.36. The monoisotopic (exact) mass is 242 g/mol. The molecule has 0 spiro atoms. The van der Waals surface area contributed by atoms with E-state index in [-0.39, 0.29) is 17.7 Å². The van der Waals surface area contributed by atoms with Crippen LogP contribution in [-0.4, -0.2) is 48.3 Å². The lowest BCUT2D eigenvalue weighted by atomic mass is 10.0. The lowest BCUT2D eigenvalue weighted by Crippen LogP contribution is -2.35. The first-order chi connectivity index (χ1) is 7.97. The smallest absolute Gasteiger partial charge is 0.225 e. The van der Waals surface area contributed by atoms with Crippen LogP contribution in [0.4, 0.5) is 0 Å². The van der Waals surface area contributed by atoms with Crippen molar-refractivity contribution in [3.8, 4) is 0 Å². The Morgan fingerprint density at radius 3 is 2.00 bits per heavy atom. The van der Waals surface area contributed by atoms with Gasteiger partial charge in [-0.3, -0.25) is 9.59 Å². The highest BCUT2D eigenvalue weighted by Gasteiger charge is 2.19. The van der Waals surface area contributed by atoms with E-state index in [1.165, 1.54) is 0 Å². The molecule has 100 valence electrons. The van der Waals surface area contributed by atoms with E-state index in [0.29, 0.717) is 12.8 Å². The molecule has 4 nitrogen and oxygen atoms in total. The molecule has 0 heterocycles. The van der Waals surface area contributed by atoms with Crippen molar-refractivity contribution in [2.75, 3.05) is 26.7 Å². The first-order valence-electron chi connectivity index (χ1n) is 6.50. The van der Waals surface area contributed by atoms with Crippen LogP contribution in [0.3, 0.4) is 0 Å². The average molecular weight is 242 g/mol. The zero-order valence-electron chi connectivity index (χ0n) is 11.8. The van der Waals surface area contributed by atoms with E-state index in [0.717, 1.165) is 19.6 Å². The van der Waals surface area contributed by atoms with Crippen molar-refractivity contribution in [3.63, 3.8) is 0 Å². The third kappa shape index (κ3) is 5.20. The maximum absolute atomic E-state index is 12.0. The zero-order valence-corrected chi connectivity index (χ0v) is 11.8. The molecule has 2 amide bonds. The Morgan fingerprint density at radius 1 is 1.06 bits per heavy atom. The number of rotatable bonds is 7. The zero-order chi connectivity index (χ0) is 13.4. The Kier molecular flexibility index (Phi) is 7.59. The van der Waals surface area contributed by atoms with Crippen LogP contribution >= 0.6 is 0 Å². The molecule has 0 radical (unpaired) electrons. The molecular weight excluding hydrogens is 216 g/mol. The Labute approximate surface area is 105 Å². The molecule has 4 heteroatoms. The minimum absolute atomic E-state index is 0.0656. The molecule has 0 fully saturated rings. The third-order valence-corrected chi connectivity index (χ3v) is 3.19. The van der Waals surface area contributed by atoms with Gasteiger partial charge in [0, 0.05) is 39.0 Å². The van der Waals surface area contributed by atoms with Crippen LogP contribution in [-0.2, 0) is 9.59 Å². The van der Waals surface area contributed by atoms with Crippen LogP contribution in [0.1, 0.15) is 40.5 Å². The van der Waals surface area contributed by atoms with Gasteiger partial charge < -0.3 is 9.80 Å². The van der Waals surface area contributed by atoms with Gasteiger partial charge in [0.1, 0.15) is 0 Å². The van der Waals surface area contributed by atoms with Gasteiger partial charge in [-0.2, -0.15) is 0 Å². The Morgan fingerprint density at radius 2 is 1.59 bits per heavy atom. The van der Waals surface area contributed by atoms with Crippen molar-refractivity contribution in [1.29, 1.82) is 0 Å². The molecule has 0 rings (SSSR count). The second-order valence-electron chi connectivity index (χ2n) is 4.36. The SMILES string of the molecule is CCN(C)C(=O)CCC(C)C(=O)N(CC)CC. The van der Waals surface area contributed by atoms with Crippen LogP contribution in [0.5, 0.6) is 0 Å². The maximum Gasteiger partial charge on any atom is 0.225 e. The molecule has 17 heavy (non-hydrogen) atoms. The number of carbonyl (C=O) groups excluding carboxylic acids is 2. The summed E-state index contributed by atoms with van der Waals surface area (Å²) in [5.41, 5.74) is 0. The lowest BCUT2D eigenvalue weighted by molar-refractivity contribution is -0.135. The summed E-state index contributed by atoms with van der Waals surface area (Å²) in [6.07, 6.45) is 1.09. The molecule has 0 saturated heterocycles. The largest absolute Gasteiger partial charge is 0.346 e. The van der Waals surface area contributed by atoms with Crippen molar-refractivity contribution in [1.82, 2.24) is 9.80 Å². The van der Waals surface area contributed by atoms with E-state index in [4.69, 9.17) is 0 Å². The first kappa shape index (κ1) is 15.9. The summed E-state index contributed by atoms with van der Waals surface area (Å²) in [5.74, 6) is 0.206. The van der Waals surface area contributed by atoms with Crippen molar-refractivity contribution in [3.05, 3.63) is 0 Å². The molecule has 0 aromatic heterocycles. The van der Waals surface area contributed by atoms with Crippen LogP contribution < -0.4 is 0 Å². The molecule has 0 bridgehead atoms. The highest BCUT2D eigenvalue weighted by atomic mass is 16.2. The average Bonchev–Trinajstić information content (AvgIpc) is 2.35. The fourth-order valence-electron chi connectivity index (χ4n) is 1.68. The topological polar surface area (TPSA) is 40.6 Å². The Balaban J connectivity index is 4.13. The van der Waals surface area contributed by atoms with E-state index in [1.54, 1.807) is 11.9 Å². The summed E-state index contributed by atoms with van der Waals surface area (Å²) in [6, 6.07) is 0. The maximum atomic E-state index is 12.0. The van der Waals surface area contributed by atoms with E-state index in [1.807, 2.05) is 32.6 Å². The van der Waals surface area contributed by atoms with E-state index in [2.05, 4.69) is 0 Å². The molecular formula is C13H26N2O2. The Hall–Kier alpha value is -1.06. The number of nitrogens with zero attached hydrogens (tertiary/aromatic N) is 2. The molecule has 0 aliphatic heterocycles. The molecule has 0 aliphatic rings. The summed E-state index contributed by atoms with van der Waals surface area (Å²) in [4.78, 5) is 27.1. The molecule has 0 saturated carbocycles.